The van der Waals surface area contributed by atoms with Gasteiger partial charge >= 0.3 is 0 Å². The van der Waals surface area contributed by atoms with Crippen LogP contribution in [0.3, 0.4) is 0 Å². The van der Waals surface area contributed by atoms with Crippen molar-refractivity contribution in [2.24, 2.45) is 0 Å². The maximum Gasteiger partial charge on any atom is 0.269 e. The standard InChI is InChI=1S/C30H28Cl2N6O2S/c31-19-7-11-21(12-8-19)37-27(39)23-24-26(41-25(23)33-29(37)35-15-3-1-4-16-35)34-30(36-17-5-2-6-18-36)38(28(24)40)22-13-9-20(32)10-14-22/h7-14H,1-6,15-18H2. The van der Waals surface area contributed by atoms with Crippen molar-refractivity contribution in [3.05, 3.63) is 79.3 Å². The highest BCUT2D eigenvalue weighted by molar-refractivity contribution is 7.25. The van der Waals surface area contributed by atoms with Crippen LogP contribution in [-0.2, 0) is 0 Å². The van der Waals surface area contributed by atoms with Gasteiger partial charge in [0.1, 0.15) is 9.66 Å². The van der Waals surface area contributed by atoms with Gasteiger partial charge < -0.3 is 9.80 Å². The van der Waals surface area contributed by atoms with Gasteiger partial charge in [0, 0.05) is 36.2 Å². The summed E-state index contributed by atoms with van der Waals surface area (Å²) >= 11 is 13.7. The smallest absolute Gasteiger partial charge is 0.269 e. The molecule has 2 aromatic carbocycles. The average Bonchev–Trinajstić information content (AvgIpc) is 3.38. The van der Waals surface area contributed by atoms with Gasteiger partial charge in [0.25, 0.3) is 11.1 Å². The van der Waals surface area contributed by atoms with Crippen LogP contribution in [0.1, 0.15) is 38.5 Å². The number of thiophene rings is 1. The zero-order chi connectivity index (χ0) is 28.1. The number of benzene rings is 2. The van der Waals surface area contributed by atoms with E-state index in [0.717, 1.165) is 64.7 Å². The fourth-order valence-electron chi connectivity index (χ4n) is 5.91. The van der Waals surface area contributed by atoms with Crippen LogP contribution >= 0.6 is 34.5 Å². The van der Waals surface area contributed by atoms with E-state index >= 15 is 0 Å². The molecule has 3 aromatic heterocycles. The SMILES string of the molecule is O=c1c2c(nc(N3CCCCC3)n1-c1ccc(Cl)cc1)sc1nc(N3CCCCC3)n(-c3ccc(Cl)cc3)c(=O)c12. The quantitative estimate of drug-likeness (QED) is 0.234. The first-order chi connectivity index (χ1) is 20.0. The van der Waals surface area contributed by atoms with E-state index in [1.54, 1.807) is 33.4 Å². The van der Waals surface area contributed by atoms with E-state index in [4.69, 9.17) is 33.2 Å². The lowest BCUT2D eigenvalue weighted by Gasteiger charge is -2.29. The van der Waals surface area contributed by atoms with Crippen molar-refractivity contribution >= 4 is 66.9 Å². The lowest BCUT2D eigenvalue weighted by molar-refractivity contribution is 0.563. The zero-order valence-electron chi connectivity index (χ0n) is 22.4. The molecule has 5 heterocycles. The van der Waals surface area contributed by atoms with E-state index in [2.05, 4.69) is 9.80 Å². The third-order valence-corrected chi connectivity index (χ3v) is 9.44. The number of piperidine rings is 2. The first-order valence-corrected chi connectivity index (χ1v) is 15.6. The van der Waals surface area contributed by atoms with Crippen molar-refractivity contribution in [3.63, 3.8) is 0 Å². The number of anilines is 2. The summed E-state index contributed by atoms with van der Waals surface area (Å²) in [4.78, 5) is 44.4. The first-order valence-electron chi connectivity index (χ1n) is 14.0. The molecular formula is C30H28Cl2N6O2S. The summed E-state index contributed by atoms with van der Waals surface area (Å²) in [6.07, 6.45) is 6.45. The molecule has 0 amide bonds. The first kappa shape index (κ1) is 26.5. The van der Waals surface area contributed by atoms with Gasteiger partial charge in [-0.15, -0.1) is 0 Å². The molecule has 0 aliphatic carbocycles. The van der Waals surface area contributed by atoms with Crippen LogP contribution in [-0.4, -0.2) is 45.3 Å². The molecule has 0 saturated carbocycles. The molecule has 5 aromatic rings. The average molecular weight is 608 g/mol. The third-order valence-electron chi connectivity index (χ3n) is 7.96. The van der Waals surface area contributed by atoms with Crippen LogP contribution in [0, 0.1) is 0 Å². The van der Waals surface area contributed by atoms with Crippen molar-refractivity contribution in [1.29, 1.82) is 0 Å². The molecule has 0 N–H and O–H groups in total. The topological polar surface area (TPSA) is 76.3 Å². The molecule has 2 saturated heterocycles. The fourth-order valence-corrected chi connectivity index (χ4v) is 7.18. The number of halogens is 2. The van der Waals surface area contributed by atoms with Gasteiger partial charge in [0.15, 0.2) is 0 Å². The highest BCUT2D eigenvalue weighted by Crippen LogP contribution is 2.33. The molecule has 210 valence electrons. The lowest BCUT2D eigenvalue weighted by atomic mass is 10.1. The number of rotatable bonds is 4. The monoisotopic (exact) mass is 606 g/mol. The number of hydrogen-bond donors (Lipinski definition) is 0. The van der Waals surface area contributed by atoms with Crippen molar-refractivity contribution in [2.75, 3.05) is 36.0 Å². The molecule has 41 heavy (non-hydrogen) atoms. The maximum absolute atomic E-state index is 14.4. The van der Waals surface area contributed by atoms with E-state index in [0.29, 0.717) is 53.7 Å². The molecule has 0 bridgehead atoms. The summed E-state index contributed by atoms with van der Waals surface area (Å²) in [5.41, 5.74) is 0.752. The minimum atomic E-state index is -0.281. The highest BCUT2D eigenvalue weighted by atomic mass is 35.5. The molecule has 0 atom stereocenters. The number of nitrogens with zero attached hydrogens (tertiary/aromatic N) is 6. The summed E-state index contributed by atoms with van der Waals surface area (Å²) in [6, 6.07) is 14.3. The van der Waals surface area contributed by atoms with E-state index in [9.17, 15) is 9.59 Å². The van der Waals surface area contributed by atoms with Gasteiger partial charge in [-0.2, -0.15) is 0 Å². The predicted octanol–water partition coefficient (Wildman–Crippen LogP) is 6.43. The lowest BCUT2D eigenvalue weighted by Crippen LogP contribution is -2.36. The van der Waals surface area contributed by atoms with Gasteiger partial charge in [-0.25, -0.2) is 19.1 Å². The van der Waals surface area contributed by atoms with Crippen LogP contribution in [0.5, 0.6) is 0 Å². The molecule has 0 spiro atoms. The van der Waals surface area contributed by atoms with E-state index in [1.165, 1.54) is 11.3 Å². The summed E-state index contributed by atoms with van der Waals surface area (Å²) in [7, 11) is 0. The molecule has 11 heteroatoms. The Morgan fingerprint density at radius 3 is 1.29 bits per heavy atom. The molecule has 0 unspecified atom stereocenters. The van der Waals surface area contributed by atoms with Crippen LogP contribution < -0.4 is 20.9 Å². The fraction of sp³-hybridized carbons (Fsp3) is 0.333. The minimum absolute atomic E-state index is 0.281. The molecule has 2 fully saturated rings. The van der Waals surface area contributed by atoms with Gasteiger partial charge in [0.2, 0.25) is 11.9 Å². The van der Waals surface area contributed by atoms with E-state index in [1.807, 2.05) is 24.3 Å². The zero-order valence-corrected chi connectivity index (χ0v) is 24.7. The van der Waals surface area contributed by atoms with Crippen molar-refractivity contribution in [1.82, 2.24) is 19.1 Å². The number of aromatic nitrogens is 4. The molecule has 7 rings (SSSR count). The van der Waals surface area contributed by atoms with E-state index < -0.39 is 0 Å². The number of fused-ring (bicyclic) bond motifs is 3. The van der Waals surface area contributed by atoms with Crippen LogP contribution in [0.25, 0.3) is 31.8 Å². The second kappa shape index (κ2) is 10.8. The van der Waals surface area contributed by atoms with Crippen LogP contribution in [0.15, 0.2) is 58.1 Å². The second-order valence-electron chi connectivity index (χ2n) is 10.6. The Hall–Kier alpha value is -3.40. The van der Waals surface area contributed by atoms with Crippen molar-refractivity contribution in [3.8, 4) is 11.4 Å². The Labute approximate surface area is 250 Å². The summed E-state index contributed by atoms with van der Waals surface area (Å²) in [6.45, 7) is 3.27. The molecule has 2 aliphatic heterocycles. The van der Waals surface area contributed by atoms with Gasteiger partial charge in [-0.05, 0) is 87.1 Å². The third kappa shape index (κ3) is 4.70. The molecule has 8 nitrogen and oxygen atoms in total. The molecular weight excluding hydrogens is 579 g/mol. The Morgan fingerprint density at radius 2 is 0.927 bits per heavy atom. The predicted molar refractivity (Wildman–Crippen MR) is 168 cm³/mol. The molecule has 0 radical (unpaired) electrons. The largest absolute Gasteiger partial charge is 0.342 e. The number of hydrogen-bond acceptors (Lipinski definition) is 7. The normalized spacial score (nSPS) is 16.1. The van der Waals surface area contributed by atoms with Crippen LogP contribution in [0.2, 0.25) is 10.0 Å². The van der Waals surface area contributed by atoms with Crippen LogP contribution in [0.4, 0.5) is 11.9 Å². The van der Waals surface area contributed by atoms with Gasteiger partial charge in [-0.1, -0.05) is 34.5 Å². The second-order valence-corrected chi connectivity index (χ2v) is 12.5. The minimum Gasteiger partial charge on any atom is -0.342 e. The Bertz CT molecular complexity index is 1730. The van der Waals surface area contributed by atoms with Crippen molar-refractivity contribution < 1.29 is 0 Å². The van der Waals surface area contributed by atoms with E-state index in [-0.39, 0.29) is 11.1 Å². The van der Waals surface area contributed by atoms with Gasteiger partial charge in [0.05, 0.1) is 22.1 Å². The van der Waals surface area contributed by atoms with Gasteiger partial charge in [-0.3, -0.25) is 9.59 Å². The molecule has 2 aliphatic rings. The highest BCUT2D eigenvalue weighted by Gasteiger charge is 2.27. The maximum atomic E-state index is 14.4. The summed E-state index contributed by atoms with van der Waals surface area (Å²) in [5, 5.41) is 1.76. The van der Waals surface area contributed by atoms with Crippen molar-refractivity contribution in [2.45, 2.75) is 38.5 Å². The summed E-state index contributed by atoms with van der Waals surface area (Å²) in [5.74, 6) is 1.18. The summed E-state index contributed by atoms with van der Waals surface area (Å²) < 4.78 is 3.25. The Balaban J connectivity index is 1.54. The Morgan fingerprint density at radius 1 is 0.561 bits per heavy atom. The Kier molecular flexibility index (Phi) is 6.97.